The molecule has 3 aromatic rings. The number of hydrogen-bond acceptors (Lipinski definition) is 4. The molecule has 7 nitrogen and oxygen atoms in total. The summed E-state index contributed by atoms with van der Waals surface area (Å²) < 4.78 is 7.12. The molecule has 0 aliphatic carbocycles. The van der Waals surface area contributed by atoms with Gasteiger partial charge in [0.05, 0.1) is 31.1 Å². The van der Waals surface area contributed by atoms with Crippen molar-refractivity contribution in [3.05, 3.63) is 77.1 Å². The summed E-state index contributed by atoms with van der Waals surface area (Å²) in [5.74, 6) is 1.42. The van der Waals surface area contributed by atoms with Gasteiger partial charge in [-0.3, -0.25) is 0 Å². The van der Waals surface area contributed by atoms with Crippen LogP contribution in [-0.4, -0.2) is 41.0 Å². The van der Waals surface area contributed by atoms with Crippen molar-refractivity contribution in [2.75, 3.05) is 20.2 Å². The topological polar surface area (TPSA) is 83.7 Å². The molecule has 1 aromatic heterocycles. The fraction of sp³-hybridized carbons (Fsp3) is 0.333. The van der Waals surface area contributed by atoms with E-state index in [9.17, 15) is 5.11 Å². The number of aromatic nitrogens is 2. The lowest BCUT2D eigenvalue weighted by Gasteiger charge is -2.16. The number of nitrogens with one attached hydrogen (secondary N) is 2. The summed E-state index contributed by atoms with van der Waals surface area (Å²) in [5.41, 5.74) is 4.98. The highest BCUT2D eigenvalue weighted by Gasteiger charge is 2.11. The molecule has 1 unspecified atom stereocenters. The van der Waals surface area contributed by atoms with Crippen LogP contribution in [0.25, 0.3) is 5.69 Å². The molecule has 172 valence electrons. The van der Waals surface area contributed by atoms with Crippen LogP contribution >= 0.6 is 24.0 Å². The Kier molecular flexibility index (Phi) is 9.98. The maximum atomic E-state index is 10.5. The second kappa shape index (κ2) is 12.4. The summed E-state index contributed by atoms with van der Waals surface area (Å²) in [6.45, 7) is 7.61. The Morgan fingerprint density at radius 1 is 1.12 bits per heavy atom. The highest BCUT2D eigenvalue weighted by Crippen LogP contribution is 2.18. The van der Waals surface area contributed by atoms with E-state index >= 15 is 0 Å². The van der Waals surface area contributed by atoms with Crippen LogP contribution in [0.1, 0.15) is 35.5 Å². The van der Waals surface area contributed by atoms with Gasteiger partial charge >= 0.3 is 0 Å². The van der Waals surface area contributed by atoms with Crippen LogP contribution in [0.15, 0.2) is 59.6 Å². The van der Waals surface area contributed by atoms with Crippen molar-refractivity contribution < 1.29 is 9.84 Å². The number of rotatable bonds is 8. The fourth-order valence-corrected chi connectivity index (χ4v) is 3.37. The lowest BCUT2D eigenvalue weighted by atomic mass is 10.1. The molecular formula is C24H32IN5O2. The Morgan fingerprint density at radius 3 is 2.47 bits per heavy atom. The van der Waals surface area contributed by atoms with Gasteiger partial charge in [-0.2, -0.15) is 5.10 Å². The number of nitrogens with zero attached hydrogens (tertiary/aromatic N) is 3. The SMILES string of the molecule is CCNC(=NCc1ccccc1-n1nc(C)cc1C)NCC(O)c1ccc(OC)cc1.I. The average molecular weight is 549 g/mol. The summed E-state index contributed by atoms with van der Waals surface area (Å²) in [7, 11) is 1.62. The zero-order valence-corrected chi connectivity index (χ0v) is 21.3. The third-order valence-electron chi connectivity index (χ3n) is 4.94. The van der Waals surface area contributed by atoms with Gasteiger partial charge in [-0.05, 0) is 56.2 Å². The molecule has 0 aliphatic rings. The molecule has 1 heterocycles. The van der Waals surface area contributed by atoms with E-state index in [-0.39, 0.29) is 24.0 Å². The van der Waals surface area contributed by atoms with Crippen LogP contribution in [0.5, 0.6) is 5.75 Å². The monoisotopic (exact) mass is 549 g/mol. The molecule has 0 aliphatic heterocycles. The summed E-state index contributed by atoms with van der Waals surface area (Å²) in [6, 6.07) is 17.6. The first-order valence-electron chi connectivity index (χ1n) is 10.5. The van der Waals surface area contributed by atoms with Crippen LogP contribution in [0, 0.1) is 13.8 Å². The van der Waals surface area contributed by atoms with E-state index < -0.39 is 6.10 Å². The van der Waals surface area contributed by atoms with E-state index in [4.69, 9.17) is 9.73 Å². The van der Waals surface area contributed by atoms with Crippen LogP contribution < -0.4 is 15.4 Å². The molecule has 0 spiro atoms. The molecule has 32 heavy (non-hydrogen) atoms. The minimum atomic E-state index is -0.656. The van der Waals surface area contributed by atoms with Gasteiger partial charge in [0, 0.05) is 18.8 Å². The third-order valence-corrected chi connectivity index (χ3v) is 4.94. The first-order valence-corrected chi connectivity index (χ1v) is 10.5. The van der Waals surface area contributed by atoms with E-state index in [1.165, 1.54) is 0 Å². The second-order valence-electron chi connectivity index (χ2n) is 7.33. The highest BCUT2D eigenvalue weighted by molar-refractivity contribution is 14.0. The number of benzene rings is 2. The number of aliphatic imine (C=N–C) groups is 1. The van der Waals surface area contributed by atoms with Crippen molar-refractivity contribution >= 4 is 29.9 Å². The molecular weight excluding hydrogens is 517 g/mol. The first kappa shape index (κ1) is 25.7. The quantitative estimate of drug-likeness (QED) is 0.226. The predicted molar refractivity (Wildman–Crippen MR) is 139 cm³/mol. The zero-order valence-electron chi connectivity index (χ0n) is 19.0. The number of methoxy groups -OCH3 is 1. The Morgan fingerprint density at radius 2 is 1.84 bits per heavy atom. The number of para-hydroxylation sites is 1. The first-order chi connectivity index (χ1) is 15.0. The smallest absolute Gasteiger partial charge is 0.191 e. The Balaban J connectivity index is 0.00000363. The second-order valence-corrected chi connectivity index (χ2v) is 7.33. The van der Waals surface area contributed by atoms with E-state index in [0.29, 0.717) is 19.0 Å². The van der Waals surface area contributed by atoms with Gasteiger partial charge in [-0.15, -0.1) is 24.0 Å². The summed E-state index contributed by atoms with van der Waals surface area (Å²) >= 11 is 0. The van der Waals surface area contributed by atoms with Crippen LogP contribution in [0.2, 0.25) is 0 Å². The number of hydrogen-bond donors (Lipinski definition) is 3. The Labute approximate surface area is 206 Å². The van der Waals surface area contributed by atoms with Gasteiger partial charge in [0.2, 0.25) is 0 Å². The van der Waals surface area contributed by atoms with Crippen molar-refractivity contribution in [3.63, 3.8) is 0 Å². The van der Waals surface area contributed by atoms with E-state index in [0.717, 1.165) is 40.5 Å². The van der Waals surface area contributed by atoms with Gasteiger partial charge in [0.15, 0.2) is 5.96 Å². The largest absolute Gasteiger partial charge is 0.497 e. The molecule has 2 aromatic carbocycles. The third kappa shape index (κ3) is 6.70. The highest BCUT2D eigenvalue weighted by atomic mass is 127. The molecule has 0 bridgehead atoms. The lowest BCUT2D eigenvalue weighted by Crippen LogP contribution is -2.39. The minimum Gasteiger partial charge on any atom is -0.497 e. The maximum Gasteiger partial charge on any atom is 0.191 e. The summed E-state index contributed by atoms with van der Waals surface area (Å²) in [5, 5.41) is 21.6. The molecule has 0 saturated heterocycles. The van der Waals surface area contributed by atoms with E-state index in [1.54, 1.807) is 7.11 Å². The summed E-state index contributed by atoms with van der Waals surface area (Å²) in [6.07, 6.45) is -0.656. The van der Waals surface area contributed by atoms with Gasteiger partial charge in [-0.1, -0.05) is 30.3 Å². The standard InChI is InChI=1S/C24H31N5O2.HI/c1-5-25-24(27-16-23(30)19-10-12-21(31-4)13-11-19)26-15-20-8-6-7-9-22(20)29-18(3)14-17(2)28-29;/h6-14,23,30H,5,15-16H2,1-4H3,(H2,25,26,27);1H. The van der Waals surface area contributed by atoms with Crippen molar-refractivity contribution in [1.82, 2.24) is 20.4 Å². The number of halogens is 1. The van der Waals surface area contributed by atoms with Gasteiger partial charge in [0.1, 0.15) is 5.75 Å². The molecule has 3 N–H and O–H groups in total. The van der Waals surface area contributed by atoms with Gasteiger partial charge in [-0.25, -0.2) is 9.67 Å². The number of aliphatic hydroxyl groups is 1. The van der Waals surface area contributed by atoms with E-state index in [1.807, 2.05) is 61.9 Å². The van der Waals surface area contributed by atoms with E-state index in [2.05, 4.69) is 33.9 Å². The molecule has 0 amide bonds. The van der Waals surface area contributed by atoms with Gasteiger partial charge < -0.3 is 20.5 Å². The molecule has 0 fully saturated rings. The zero-order chi connectivity index (χ0) is 22.2. The normalized spacial score (nSPS) is 12.1. The number of aryl methyl sites for hydroxylation is 2. The molecule has 8 heteroatoms. The number of guanidine groups is 1. The summed E-state index contributed by atoms with van der Waals surface area (Å²) in [4.78, 5) is 4.72. The van der Waals surface area contributed by atoms with Crippen molar-refractivity contribution in [2.24, 2.45) is 4.99 Å². The van der Waals surface area contributed by atoms with Crippen LogP contribution in [-0.2, 0) is 6.54 Å². The van der Waals surface area contributed by atoms with Crippen molar-refractivity contribution in [1.29, 1.82) is 0 Å². The van der Waals surface area contributed by atoms with Crippen LogP contribution in [0.4, 0.5) is 0 Å². The fourth-order valence-electron chi connectivity index (χ4n) is 3.37. The molecule has 3 rings (SSSR count). The van der Waals surface area contributed by atoms with Crippen molar-refractivity contribution in [2.45, 2.75) is 33.4 Å². The predicted octanol–water partition coefficient (Wildman–Crippen LogP) is 3.90. The van der Waals surface area contributed by atoms with Gasteiger partial charge in [0.25, 0.3) is 0 Å². The maximum absolute atomic E-state index is 10.5. The van der Waals surface area contributed by atoms with Crippen LogP contribution in [0.3, 0.4) is 0 Å². The molecule has 0 saturated carbocycles. The lowest BCUT2D eigenvalue weighted by molar-refractivity contribution is 0.180. The number of ether oxygens (including phenoxy) is 1. The minimum absolute atomic E-state index is 0. The molecule has 0 radical (unpaired) electrons. The van der Waals surface area contributed by atoms with Crippen molar-refractivity contribution in [3.8, 4) is 11.4 Å². The Bertz CT molecular complexity index is 1020. The molecule has 1 atom stereocenters. The number of aliphatic hydroxyl groups excluding tert-OH is 1. The Hall–Kier alpha value is -2.59. The average Bonchev–Trinajstić information content (AvgIpc) is 3.13.